The fourth-order valence-electron chi connectivity index (χ4n) is 2.15. The van der Waals surface area contributed by atoms with Gasteiger partial charge in [-0.25, -0.2) is 0 Å². The van der Waals surface area contributed by atoms with Gasteiger partial charge < -0.3 is 4.90 Å². The SMILES string of the molecule is Cc1cc(C)c(C)c(CCN(C)C(=O)C=O)c1C. The Morgan fingerprint density at radius 2 is 1.67 bits per heavy atom. The molecule has 0 aliphatic heterocycles. The van der Waals surface area contributed by atoms with Crippen molar-refractivity contribution in [1.29, 1.82) is 0 Å². The van der Waals surface area contributed by atoms with Gasteiger partial charge in [0.25, 0.3) is 5.91 Å². The molecule has 98 valence electrons. The summed E-state index contributed by atoms with van der Waals surface area (Å²) in [5, 5.41) is 0. The molecule has 0 radical (unpaired) electrons. The lowest BCUT2D eigenvalue weighted by atomic mass is 9.92. The zero-order valence-electron chi connectivity index (χ0n) is 11.8. The Labute approximate surface area is 109 Å². The Morgan fingerprint density at radius 3 is 2.11 bits per heavy atom. The van der Waals surface area contributed by atoms with Gasteiger partial charge in [0.1, 0.15) is 0 Å². The number of amides is 1. The highest BCUT2D eigenvalue weighted by atomic mass is 16.2. The molecule has 1 rings (SSSR count). The van der Waals surface area contributed by atoms with E-state index in [1.807, 2.05) is 0 Å². The lowest BCUT2D eigenvalue weighted by molar-refractivity contribution is -0.137. The first-order valence-corrected chi connectivity index (χ1v) is 6.15. The maximum absolute atomic E-state index is 11.2. The summed E-state index contributed by atoms with van der Waals surface area (Å²) in [5.74, 6) is -0.463. The van der Waals surface area contributed by atoms with E-state index in [0.717, 1.165) is 6.42 Å². The van der Waals surface area contributed by atoms with Gasteiger partial charge in [-0.15, -0.1) is 0 Å². The highest BCUT2D eigenvalue weighted by Gasteiger charge is 2.11. The van der Waals surface area contributed by atoms with Gasteiger partial charge in [0, 0.05) is 13.6 Å². The van der Waals surface area contributed by atoms with Crippen LogP contribution in [0.3, 0.4) is 0 Å². The van der Waals surface area contributed by atoms with Gasteiger partial charge in [-0.3, -0.25) is 9.59 Å². The Kier molecular flexibility index (Phi) is 4.65. The van der Waals surface area contributed by atoms with Crippen LogP contribution < -0.4 is 0 Å². The average molecular weight is 247 g/mol. The summed E-state index contributed by atoms with van der Waals surface area (Å²) in [6.45, 7) is 9.00. The van der Waals surface area contributed by atoms with Crippen molar-refractivity contribution in [3.63, 3.8) is 0 Å². The predicted molar refractivity (Wildman–Crippen MR) is 72.8 cm³/mol. The smallest absolute Gasteiger partial charge is 0.286 e. The average Bonchev–Trinajstić information content (AvgIpc) is 2.35. The van der Waals surface area contributed by atoms with Crippen LogP contribution in [-0.2, 0) is 16.0 Å². The number of aryl methyl sites for hydroxylation is 2. The topological polar surface area (TPSA) is 37.4 Å². The Bertz CT molecular complexity index is 452. The van der Waals surface area contributed by atoms with Crippen molar-refractivity contribution in [3.05, 3.63) is 33.9 Å². The van der Waals surface area contributed by atoms with E-state index in [0.29, 0.717) is 12.8 Å². The fourth-order valence-corrected chi connectivity index (χ4v) is 2.15. The predicted octanol–water partition coefficient (Wildman–Crippen LogP) is 2.12. The van der Waals surface area contributed by atoms with Crippen molar-refractivity contribution in [1.82, 2.24) is 4.90 Å². The number of nitrogens with zero attached hydrogens (tertiary/aromatic N) is 1. The molecular formula is C15H21NO2. The minimum atomic E-state index is -0.463. The van der Waals surface area contributed by atoms with Gasteiger partial charge in [0.15, 0.2) is 0 Å². The third kappa shape index (κ3) is 2.97. The van der Waals surface area contributed by atoms with Crippen LogP contribution in [0.15, 0.2) is 6.07 Å². The fraction of sp³-hybridized carbons (Fsp3) is 0.467. The molecule has 0 aromatic heterocycles. The lowest BCUT2D eigenvalue weighted by Gasteiger charge is -2.18. The number of likely N-dealkylation sites (N-methyl/N-ethyl adjacent to an activating group) is 1. The Hall–Kier alpha value is -1.64. The zero-order chi connectivity index (χ0) is 13.9. The standard InChI is InChI=1S/C15H21NO2/c1-10-8-11(2)13(4)14(12(10)3)6-7-16(5)15(18)9-17/h8-9H,6-7H2,1-5H3. The van der Waals surface area contributed by atoms with E-state index in [-0.39, 0.29) is 0 Å². The molecular weight excluding hydrogens is 226 g/mol. The molecule has 18 heavy (non-hydrogen) atoms. The molecule has 0 aliphatic rings. The van der Waals surface area contributed by atoms with Gasteiger partial charge in [0.05, 0.1) is 0 Å². The van der Waals surface area contributed by atoms with Crippen molar-refractivity contribution < 1.29 is 9.59 Å². The Balaban J connectivity index is 2.91. The van der Waals surface area contributed by atoms with E-state index in [9.17, 15) is 9.59 Å². The van der Waals surface area contributed by atoms with Crippen LogP contribution in [0, 0.1) is 27.7 Å². The van der Waals surface area contributed by atoms with E-state index in [1.165, 1.54) is 32.7 Å². The molecule has 0 atom stereocenters. The first-order chi connectivity index (χ1) is 8.38. The van der Waals surface area contributed by atoms with E-state index >= 15 is 0 Å². The largest absolute Gasteiger partial charge is 0.339 e. The molecule has 0 aliphatic carbocycles. The highest BCUT2D eigenvalue weighted by Crippen LogP contribution is 2.22. The monoisotopic (exact) mass is 247 g/mol. The maximum atomic E-state index is 11.2. The number of carbonyl (C=O) groups excluding carboxylic acids is 2. The zero-order valence-corrected chi connectivity index (χ0v) is 11.8. The number of carbonyl (C=O) groups is 2. The summed E-state index contributed by atoms with van der Waals surface area (Å²) in [5.41, 5.74) is 6.41. The van der Waals surface area contributed by atoms with Crippen LogP contribution in [0.25, 0.3) is 0 Å². The van der Waals surface area contributed by atoms with Gasteiger partial charge in [-0.2, -0.15) is 0 Å². The molecule has 0 saturated heterocycles. The third-order valence-electron chi connectivity index (χ3n) is 3.70. The van der Waals surface area contributed by atoms with Gasteiger partial charge in [-0.05, 0) is 61.9 Å². The van der Waals surface area contributed by atoms with E-state index in [4.69, 9.17) is 0 Å². The molecule has 1 aromatic carbocycles. The first-order valence-electron chi connectivity index (χ1n) is 6.15. The highest BCUT2D eigenvalue weighted by molar-refractivity contribution is 6.23. The number of aldehydes is 1. The number of hydrogen-bond acceptors (Lipinski definition) is 2. The summed E-state index contributed by atoms with van der Waals surface area (Å²) < 4.78 is 0. The third-order valence-corrected chi connectivity index (χ3v) is 3.70. The number of benzene rings is 1. The van der Waals surface area contributed by atoms with Crippen molar-refractivity contribution >= 4 is 12.2 Å². The van der Waals surface area contributed by atoms with Crippen molar-refractivity contribution in [2.45, 2.75) is 34.1 Å². The van der Waals surface area contributed by atoms with Crippen molar-refractivity contribution in [2.75, 3.05) is 13.6 Å². The summed E-state index contributed by atoms with van der Waals surface area (Å²) in [6, 6.07) is 2.19. The summed E-state index contributed by atoms with van der Waals surface area (Å²) in [7, 11) is 1.66. The second-order valence-electron chi connectivity index (χ2n) is 4.87. The summed E-state index contributed by atoms with van der Waals surface area (Å²) >= 11 is 0. The molecule has 0 saturated carbocycles. The molecule has 3 heteroatoms. The quantitative estimate of drug-likeness (QED) is 0.603. The second kappa shape index (κ2) is 5.80. The molecule has 0 fully saturated rings. The summed E-state index contributed by atoms with van der Waals surface area (Å²) in [4.78, 5) is 23.1. The molecule has 0 unspecified atom stereocenters. The van der Waals surface area contributed by atoms with E-state index < -0.39 is 5.91 Å². The van der Waals surface area contributed by atoms with Crippen LogP contribution in [0.4, 0.5) is 0 Å². The van der Waals surface area contributed by atoms with Crippen molar-refractivity contribution in [2.24, 2.45) is 0 Å². The first kappa shape index (κ1) is 14.4. The maximum Gasteiger partial charge on any atom is 0.286 e. The molecule has 1 aromatic rings. The molecule has 0 bridgehead atoms. The van der Waals surface area contributed by atoms with Gasteiger partial charge >= 0.3 is 0 Å². The van der Waals surface area contributed by atoms with Crippen LogP contribution in [0.5, 0.6) is 0 Å². The van der Waals surface area contributed by atoms with Gasteiger partial charge in [0.2, 0.25) is 6.29 Å². The second-order valence-corrected chi connectivity index (χ2v) is 4.87. The minimum Gasteiger partial charge on any atom is -0.339 e. The van der Waals surface area contributed by atoms with Crippen LogP contribution >= 0.6 is 0 Å². The normalized spacial score (nSPS) is 10.3. The molecule has 0 N–H and O–H groups in total. The van der Waals surface area contributed by atoms with E-state index in [1.54, 1.807) is 7.05 Å². The lowest BCUT2D eigenvalue weighted by Crippen LogP contribution is -2.29. The molecule has 1 amide bonds. The molecule has 0 spiro atoms. The Morgan fingerprint density at radius 1 is 1.17 bits per heavy atom. The summed E-state index contributed by atoms with van der Waals surface area (Å²) in [6.07, 6.45) is 1.15. The van der Waals surface area contributed by atoms with Crippen LogP contribution in [0.1, 0.15) is 27.8 Å². The van der Waals surface area contributed by atoms with E-state index in [2.05, 4.69) is 33.8 Å². The minimum absolute atomic E-state index is 0.362. The number of rotatable bonds is 4. The van der Waals surface area contributed by atoms with Crippen LogP contribution in [-0.4, -0.2) is 30.7 Å². The molecule has 3 nitrogen and oxygen atoms in total. The number of hydrogen-bond donors (Lipinski definition) is 0. The van der Waals surface area contributed by atoms with Gasteiger partial charge in [-0.1, -0.05) is 6.07 Å². The molecule has 0 heterocycles. The van der Waals surface area contributed by atoms with Crippen LogP contribution in [0.2, 0.25) is 0 Å². The van der Waals surface area contributed by atoms with Crippen molar-refractivity contribution in [3.8, 4) is 0 Å².